The van der Waals surface area contributed by atoms with Crippen molar-refractivity contribution in [2.75, 3.05) is 11.1 Å². The van der Waals surface area contributed by atoms with Crippen LogP contribution in [0.2, 0.25) is 0 Å². The van der Waals surface area contributed by atoms with Crippen LogP contribution in [0.4, 0.5) is 11.6 Å². The van der Waals surface area contributed by atoms with Gasteiger partial charge in [0.1, 0.15) is 0 Å². The molecule has 0 aliphatic carbocycles. The molecule has 0 radical (unpaired) electrons. The van der Waals surface area contributed by atoms with Crippen LogP contribution in [-0.4, -0.2) is 25.7 Å². The fraction of sp³-hybridized carbons (Fsp3) is 0.250. The van der Waals surface area contributed by atoms with Crippen LogP contribution in [-0.2, 0) is 4.79 Å². The van der Waals surface area contributed by atoms with Crippen LogP contribution in [0.5, 0.6) is 0 Å². The van der Waals surface area contributed by atoms with Gasteiger partial charge in [0.2, 0.25) is 11.9 Å². The van der Waals surface area contributed by atoms with Crippen molar-refractivity contribution in [3.05, 3.63) is 36.4 Å². The molecule has 3 rings (SSSR count). The van der Waals surface area contributed by atoms with E-state index < -0.39 is 0 Å². The smallest absolute Gasteiger partial charge is 0.243 e. The van der Waals surface area contributed by atoms with E-state index in [0.29, 0.717) is 12.1 Å². The van der Waals surface area contributed by atoms with E-state index in [-0.39, 0.29) is 11.9 Å². The molecule has 1 aromatic carbocycles. The minimum Gasteiger partial charge on any atom is -0.366 e. The average Bonchev–Trinajstić information content (AvgIpc) is 2.94. The molecule has 7 heteroatoms. The van der Waals surface area contributed by atoms with Gasteiger partial charge in [-0.05, 0) is 30.7 Å². The number of nitrogens with one attached hydrogen (secondary N) is 1. The zero-order valence-electron chi connectivity index (χ0n) is 12.9. The minimum absolute atomic E-state index is 0.0236. The minimum atomic E-state index is 0.0236. The van der Waals surface area contributed by atoms with E-state index >= 15 is 0 Å². The van der Waals surface area contributed by atoms with E-state index in [1.807, 2.05) is 30.3 Å². The van der Waals surface area contributed by atoms with E-state index in [2.05, 4.69) is 27.5 Å². The zero-order chi connectivity index (χ0) is 16.2. The Hall–Kier alpha value is -2.96. The molecule has 23 heavy (non-hydrogen) atoms. The van der Waals surface area contributed by atoms with Crippen molar-refractivity contribution >= 4 is 23.2 Å². The zero-order valence-corrected chi connectivity index (χ0v) is 12.9. The van der Waals surface area contributed by atoms with Gasteiger partial charge in [0.25, 0.3) is 0 Å². The average molecular weight is 310 g/mol. The summed E-state index contributed by atoms with van der Waals surface area (Å²) in [4.78, 5) is 11.8. The van der Waals surface area contributed by atoms with Crippen LogP contribution in [0, 0.1) is 0 Å². The number of amides is 1. The molecule has 3 aromatic rings. The molecule has 7 nitrogen and oxygen atoms in total. The molecule has 2 aromatic heterocycles. The van der Waals surface area contributed by atoms with Crippen molar-refractivity contribution in [3.63, 3.8) is 0 Å². The Labute approximate surface area is 133 Å². The van der Waals surface area contributed by atoms with Gasteiger partial charge < -0.3 is 11.1 Å². The number of benzene rings is 1. The number of unbranched alkanes of at least 4 members (excludes halogenated alkanes) is 1. The predicted molar refractivity (Wildman–Crippen MR) is 88.8 cm³/mol. The fourth-order valence-corrected chi connectivity index (χ4v) is 2.28. The molecule has 0 unspecified atom stereocenters. The summed E-state index contributed by atoms with van der Waals surface area (Å²) in [5.74, 6) is 0.265. The number of rotatable bonds is 5. The fourth-order valence-electron chi connectivity index (χ4n) is 2.28. The SMILES string of the molecule is CCCCC(=O)Nc1cccc(-c2ccc3nnc(N)n3n2)c1. The summed E-state index contributed by atoms with van der Waals surface area (Å²) in [6, 6.07) is 11.2. The summed E-state index contributed by atoms with van der Waals surface area (Å²) in [6.45, 7) is 2.06. The first kappa shape index (κ1) is 15.0. The maximum Gasteiger partial charge on any atom is 0.243 e. The molecule has 0 aliphatic rings. The Morgan fingerprint density at radius 3 is 2.96 bits per heavy atom. The predicted octanol–water partition coefficient (Wildman–Crippen LogP) is 2.50. The van der Waals surface area contributed by atoms with Crippen LogP contribution < -0.4 is 11.1 Å². The maximum absolute atomic E-state index is 11.8. The number of hydrogen-bond donors (Lipinski definition) is 2. The lowest BCUT2D eigenvalue weighted by molar-refractivity contribution is -0.116. The van der Waals surface area contributed by atoms with Gasteiger partial charge in [-0.15, -0.1) is 10.2 Å². The lowest BCUT2D eigenvalue weighted by atomic mass is 10.1. The number of aromatic nitrogens is 4. The van der Waals surface area contributed by atoms with E-state index in [4.69, 9.17) is 5.73 Å². The number of fused-ring (bicyclic) bond motifs is 1. The second-order valence-electron chi connectivity index (χ2n) is 5.28. The number of nitrogen functional groups attached to an aromatic ring is 1. The summed E-state index contributed by atoms with van der Waals surface area (Å²) in [5, 5.41) is 15.0. The molecule has 0 fully saturated rings. The Balaban J connectivity index is 1.85. The highest BCUT2D eigenvalue weighted by molar-refractivity contribution is 5.91. The van der Waals surface area contributed by atoms with Crippen LogP contribution >= 0.6 is 0 Å². The van der Waals surface area contributed by atoms with Gasteiger partial charge in [0.05, 0.1) is 5.69 Å². The highest BCUT2D eigenvalue weighted by Crippen LogP contribution is 2.21. The molecular formula is C16H18N6O. The van der Waals surface area contributed by atoms with Crippen molar-refractivity contribution in [2.45, 2.75) is 26.2 Å². The van der Waals surface area contributed by atoms with Crippen LogP contribution in [0.3, 0.4) is 0 Å². The van der Waals surface area contributed by atoms with Gasteiger partial charge >= 0.3 is 0 Å². The van der Waals surface area contributed by atoms with Crippen molar-refractivity contribution < 1.29 is 4.79 Å². The molecule has 0 saturated carbocycles. The Kier molecular flexibility index (Phi) is 4.18. The molecule has 3 N–H and O–H groups in total. The second-order valence-corrected chi connectivity index (χ2v) is 5.28. The molecule has 0 bridgehead atoms. The van der Waals surface area contributed by atoms with Crippen molar-refractivity contribution in [2.24, 2.45) is 0 Å². The van der Waals surface area contributed by atoms with Gasteiger partial charge in [0, 0.05) is 17.7 Å². The molecule has 0 atom stereocenters. The lowest BCUT2D eigenvalue weighted by Crippen LogP contribution is -2.10. The quantitative estimate of drug-likeness (QED) is 0.754. The number of nitrogens with zero attached hydrogens (tertiary/aromatic N) is 4. The monoisotopic (exact) mass is 310 g/mol. The van der Waals surface area contributed by atoms with E-state index in [1.165, 1.54) is 4.52 Å². The standard InChI is InChI=1S/C16H18N6O/c1-2-3-7-15(23)18-12-6-4-5-11(10-12)13-8-9-14-19-20-16(17)22(14)21-13/h4-6,8-10H,2-3,7H2,1H3,(H2,17,20)(H,18,23). The maximum atomic E-state index is 11.8. The second kappa shape index (κ2) is 6.43. The van der Waals surface area contributed by atoms with E-state index in [9.17, 15) is 4.79 Å². The molecule has 2 heterocycles. The molecule has 0 saturated heterocycles. The summed E-state index contributed by atoms with van der Waals surface area (Å²) in [7, 11) is 0. The van der Waals surface area contributed by atoms with Gasteiger partial charge in [-0.25, -0.2) is 0 Å². The number of hydrogen-bond acceptors (Lipinski definition) is 5. The summed E-state index contributed by atoms with van der Waals surface area (Å²) in [5.41, 5.74) is 8.69. The van der Waals surface area contributed by atoms with Gasteiger partial charge in [-0.3, -0.25) is 4.79 Å². The van der Waals surface area contributed by atoms with E-state index in [0.717, 1.165) is 29.8 Å². The first-order valence-corrected chi connectivity index (χ1v) is 7.55. The van der Waals surface area contributed by atoms with Crippen molar-refractivity contribution in [1.82, 2.24) is 19.8 Å². The number of nitrogens with two attached hydrogens (primary N) is 1. The highest BCUT2D eigenvalue weighted by Gasteiger charge is 2.07. The highest BCUT2D eigenvalue weighted by atomic mass is 16.1. The van der Waals surface area contributed by atoms with Gasteiger partial charge in [0.15, 0.2) is 5.65 Å². The third-order valence-electron chi connectivity index (χ3n) is 3.49. The van der Waals surface area contributed by atoms with Crippen molar-refractivity contribution in [3.8, 4) is 11.3 Å². The number of carbonyl (C=O) groups excluding carboxylic acids is 1. The summed E-state index contributed by atoms with van der Waals surface area (Å²) in [6.07, 6.45) is 2.41. The van der Waals surface area contributed by atoms with Crippen LogP contribution in [0.15, 0.2) is 36.4 Å². The summed E-state index contributed by atoms with van der Waals surface area (Å²) < 4.78 is 1.49. The Morgan fingerprint density at radius 2 is 2.13 bits per heavy atom. The van der Waals surface area contributed by atoms with E-state index in [1.54, 1.807) is 6.07 Å². The summed E-state index contributed by atoms with van der Waals surface area (Å²) >= 11 is 0. The molecule has 1 amide bonds. The largest absolute Gasteiger partial charge is 0.366 e. The molecular weight excluding hydrogens is 292 g/mol. The normalized spacial score (nSPS) is 10.8. The Morgan fingerprint density at radius 1 is 1.26 bits per heavy atom. The van der Waals surface area contributed by atoms with Crippen molar-refractivity contribution in [1.29, 1.82) is 0 Å². The van der Waals surface area contributed by atoms with Crippen LogP contribution in [0.25, 0.3) is 16.9 Å². The van der Waals surface area contributed by atoms with Crippen LogP contribution in [0.1, 0.15) is 26.2 Å². The van der Waals surface area contributed by atoms with Gasteiger partial charge in [-0.2, -0.15) is 9.61 Å². The Bertz CT molecular complexity index is 841. The molecule has 0 spiro atoms. The number of anilines is 2. The molecule has 118 valence electrons. The molecule has 0 aliphatic heterocycles. The third kappa shape index (κ3) is 3.28. The topological polar surface area (TPSA) is 98.2 Å². The first-order chi connectivity index (χ1) is 11.2. The van der Waals surface area contributed by atoms with Gasteiger partial charge in [-0.1, -0.05) is 25.5 Å². The number of carbonyl (C=O) groups is 1. The lowest BCUT2D eigenvalue weighted by Gasteiger charge is -2.07. The third-order valence-corrected chi connectivity index (χ3v) is 3.49. The first-order valence-electron chi connectivity index (χ1n) is 7.55.